The maximum absolute atomic E-state index is 12.1. The van der Waals surface area contributed by atoms with Crippen molar-refractivity contribution < 1.29 is 17.9 Å². The summed E-state index contributed by atoms with van der Waals surface area (Å²) in [7, 11) is 0. The van der Waals surface area contributed by atoms with Crippen LogP contribution in [0.25, 0.3) is 0 Å². The van der Waals surface area contributed by atoms with Crippen molar-refractivity contribution in [3.63, 3.8) is 0 Å². The zero-order valence-corrected chi connectivity index (χ0v) is 12.3. The molecule has 0 unspecified atom stereocenters. The lowest BCUT2D eigenvalue weighted by atomic mass is 9.65. The molecule has 0 amide bonds. The molecule has 0 aromatic heterocycles. The summed E-state index contributed by atoms with van der Waals surface area (Å²) in [6, 6.07) is 6.27. The van der Waals surface area contributed by atoms with E-state index in [1.54, 1.807) is 12.1 Å². The van der Waals surface area contributed by atoms with Crippen LogP contribution in [0.5, 0.6) is 5.75 Å². The van der Waals surface area contributed by atoms with Crippen LogP contribution in [0.4, 0.5) is 13.2 Å². The van der Waals surface area contributed by atoms with Gasteiger partial charge in [-0.25, -0.2) is 0 Å². The van der Waals surface area contributed by atoms with Crippen molar-refractivity contribution in [3.8, 4) is 5.75 Å². The molecule has 1 aromatic carbocycles. The van der Waals surface area contributed by atoms with Crippen molar-refractivity contribution >= 4 is 0 Å². The predicted octanol–water partition coefficient (Wildman–Crippen LogP) is 4.30. The molecule has 1 aromatic rings. The normalized spacial score (nSPS) is 17.3. The molecule has 1 aliphatic carbocycles. The summed E-state index contributed by atoms with van der Waals surface area (Å²) in [5, 5.41) is 3.47. The van der Waals surface area contributed by atoms with Gasteiger partial charge < -0.3 is 10.1 Å². The Balaban J connectivity index is 1.92. The fourth-order valence-corrected chi connectivity index (χ4v) is 2.87. The SMILES string of the molecule is CCCNCC1(Cc2ccc(OC(F)(F)F)cc2)CCC1. The number of hydrogen-bond donors (Lipinski definition) is 1. The van der Waals surface area contributed by atoms with Crippen LogP contribution in [0.3, 0.4) is 0 Å². The molecule has 1 aliphatic rings. The largest absolute Gasteiger partial charge is 0.573 e. The summed E-state index contributed by atoms with van der Waals surface area (Å²) < 4.78 is 40.3. The van der Waals surface area contributed by atoms with Crippen molar-refractivity contribution in [1.82, 2.24) is 5.32 Å². The molecule has 2 nitrogen and oxygen atoms in total. The molecule has 1 saturated carbocycles. The molecule has 0 radical (unpaired) electrons. The van der Waals surface area contributed by atoms with Gasteiger partial charge in [0.1, 0.15) is 5.75 Å². The molecule has 118 valence electrons. The Hall–Kier alpha value is -1.23. The van der Waals surface area contributed by atoms with Gasteiger partial charge in [-0.3, -0.25) is 0 Å². The molecule has 1 N–H and O–H groups in total. The average Bonchev–Trinajstić information content (AvgIpc) is 2.36. The minimum absolute atomic E-state index is 0.155. The number of nitrogens with one attached hydrogen (secondary N) is 1. The first-order valence-corrected chi connectivity index (χ1v) is 7.48. The van der Waals surface area contributed by atoms with E-state index in [0.29, 0.717) is 0 Å². The van der Waals surface area contributed by atoms with E-state index in [2.05, 4.69) is 17.0 Å². The number of alkyl halides is 3. The monoisotopic (exact) mass is 301 g/mol. The molecule has 2 rings (SSSR count). The molecule has 0 saturated heterocycles. The highest BCUT2D eigenvalue weighted by atomic mass is 19.4. The summed E-state index contributed by atoms with van der Waals surface area (Å²) >= 11 is 0. The second kappa shape index (κ2) is 6.69. The van der Waals surface area contributed by atoms with E-state index in [1.165, 1.54) is 31.4 Å². The molecular formula is C16H22F3NO. The lowest BCUT2D eigenvalue weighted by Crippen LogP contribution is -2.41. The minimum atomic E-state index is -4.62. The molecule has 0 atom stereocenters. The van der Waals surface area contributed by atoms with Crippen LogP contribution in [0.2, 0.25) is 0 Å². The zero-order chi connectivity index (χ0) is 15.3. The lowest BCUT2D eigenvalue weighted by Gasteiger charge is -2.42. The first-order valence-electron chi connectivity index (χ1n) is 7.48. The molecule has 0 aliphatic heterocycles. The van der Waals surface area contributed by atoms with Crippen molar-refractivity contribution in [2.24, 2.45) is 5.41 Å². The quantitative estimate of drug-likeness (QED) is 0.758. The lowest BCUT2D eigenvalue weighted by molar-refractivity contribution is -0.274. The second-order valence-corrected chi connectivity index (χ2v) is 5.90. The van der Waals surface area contributed by atoms with E-state index in [4.69, 9.17) is 0 Å². The number of hydrogen-bond acceptors (Lipinski definition) is 2. The van der Waals surface area contributed by atoms with E-state index in [-0.39, 0.29) is 11.2 Å². The van der Waals surface area contributed by atoms with Gasteiger partial charge in [0, 0.05) is 6.54 Å². The molecule has 21 heavy (non-hydrogen) atoms. The predicted molar refractivity (Wildman–Crippen MR) is 76.3 cm³/mol. The fraction of sp³-hybridized carbons (Fsp3) is 0.625. The number of halogens is 3. The van der Waals surface area contributed by atoms with E-state index in [9.17, 15) is 13.2 Å². The highest BCUT2D eigenvalue weighted by molar-refractivity contribution is 5.28. The Kier molecular flexibility index (Phi) is 5.14. The van der Waals surface area contributed by atoms with E-state index in [0.717, 1.165) is 31.5 Å². The summed E-state index contributed by atoms with van der Waals surface area (Å²) in [6.45, 7) is 4.14. The third-order valence-electron chi connectivity index (χ3n) is 4.08. The van der Waals surface area contributed by atoms with Gasteiger partial charge in [0.25, 0.3) is 0 Å². The first kappa shape index (κ1) is 16.1. The van der Waals surface area contributed by atoms with Crippen LogP contribution in [0.15, 0.2) is 24.3 Å². The zero-order valence-electron chi connectivity index (χ0n) is 12.3. The van der Waals surface area contributed by atoms with Crippen molar-refractivity contribution in [3.05, 3.63) is 29.8 Å². The highest BCUT2D eigenvalue weighted by Gasteiger charge is 2.36. The van der Waals surface area contributed by atoms with E-state index in [1.807, 2.05) is 0 Å². The highest BCUT2D eigenvalue weighted by Crippen LogP contribution is 2.43. The molecule has 0 spiro atoms. The fourth-order valence-electron chi connectivity index (χ4n) is 2.87. The van der Waals surface area contributed by atoms with Crippen molar-refractivity contribution in [1.29, 1.82) is 0 Å². The van der Waals surface area contributed by atoms with Gasteiger partial charge in [-0.05, 0) is 55.3 Å². The summed E-state index contributed by atoms with van der Waals surface area (Å²) in [6.07, 6.45) is 1.01. The summed E-state index contributed by atoms with van der Waals surface area (Å²) in [5.74, 6) is -0.155. The first-order chi connectivity index (χ1) is 9.92. The summed E-state index contributed by atoms with van der Waals surface area (Å²) in [5.41, 5.74) is 1.35. The van der Waals surface area contributed by atoms with Crippen LogP contribution < -0.4 is 10.1 Å². The van der Waals surface area contributed by atoms with Gasteiger partial charge in [0.05, 0.1) is 0 Å². The molecule has 1 fully saturated rings. The van der Waals surface area contributed by atoms with Crippen LogP contribution >= 0.6 is 0 Å². The molecular weight excluding hydrogens is 279 g/mol. The van der Waals surface area contributed by atoms with Gasteiger partial charge in [0.2, 0.25) is 0 Å². The van der Waals surface area contributed by atoms with Gasteiger partial charge in [-0.15, -0.1) is 13.2 Å². The van der Waals surface area contributed by atoms with Gasteiger partial charge >= 0.3 is 6.36 Å². The Bertz CT molecular complexity index is 438. The van der Waals surface area contributed by atoms with Crippen LogP contribution in [0.1, 0.15) is 38.2 Å². The standard InChI is InChI=1S/C16H22F3NO/c1-2-10-20-12-15(8-3-9-15)11-13-4-6-14(7-5-13)21-16(17,18)19/h4-7,20H,2-3,8-12H2,1H3. The van der Waals surface area contributed by atoms with Crippen LogP contribution in [0, 0.1) is 5.41 Å². The molecule has 5 heteroatoms. The van der Waals surface area contributed by atoms with Crippen molar-refractivity contribution in [2.45, 2.75) is 45.4 Å². The minimum Gasteiger partial charge on any atom is -0.406 e. The van der Waals surface area contributed by atoms with Gasteiger partial charge in [-0.2, -0.15) is 0 Å². The van der Waals surface area contributed by atoms with Crippen molar-refractivity contribution in [2.75, 3.05) is 13.1 Å². The maximum atomic E-state index is 12.1. The molecule has 0 bridgehead atoms. The number of benzene rings is 1. The third kappa shape index (κ3) is 4.92. The Labute approximate surface area is 123 Å². The maximum Gasteiger partial charge on any atom is 0.573 e. The smallest absolute Gasteiger partial charge is 0.406 e. The third-order valence-corrected chi connectivity index (χ3v) is 4.08. The number of ether oxygens (including phenoxy) is 1. The number of rotatable bonds is 7. The van der Waals surface area contributed by atoms with Gasteiger partial charge in [-0.1, -0.05) is 25.5 Å². The Morgan fingerprint density at radius 1 is 1.19 bits per heavy atom. The second-order valence-electron chi connectivity index (χ2n) is 5.90. The van der Waals surface area contributed by atoms with Crippen LogP contribution in [-0.4, -0.2) is 19.5 Å². The Morgan fingerprint density at radius 3 is 2.33 bits per heavy atom. The average molecular weight is 301 g/mol. The topological polar surface area (TPSA) is 21.3 Å². The summed E-state index contributed by atoms with van der Waals surface area (Å²) in [4.78, 5) is 0. The molecule has 0 heterocycles. The van der Waals surface area contributed by atoms with Crippen LogP contribution in [-0.2, 0) is 6.42 Å². The van der Waals surface area contributed by atoms with E-state index >= 15 is 0 Å². The Morgan fingerprint density at radius 2 is 1.86 bits per heavy atom. The van der Waals surface area contributed by atoms with Gasteiger partial charge in [0.15, 0.2) is 0 Å². The van der Waals surface area contributed by atoms with E-state index < -0.39 is 6.36 Å².